The number of ether oxygens (including phenoxy) is 6. The molecular weight excluding hydrogens is 528 g/mol. The lowest BCUT2D eigenvalue weighted by Gasteiger charge is -2.43. The molecule has 1 fully saturated rings. The molecule has 1 saturated heterocycles. The van der Waals surface area contributed by atoms with Gasteiger partial charge < -0.3 is 59.1 Å². The van der Waals surface area contributed by atoms with Gasteiger partial charge in [-0.05, 0) is 54.5 Å². The van der Waals surface area contributed by atoms with E-state index in [2.05, 4.69) is 0 Å². The molecule has 0 bridgehead atoms. The highest BCUT2D eigenvalue weighted by atomic mass is 16.7. The Bertz CT molecular complexity index is 1160. The summed E-state index contributed by atoms with van der Waals surface area (Å²) in [5, 5.41) is 62.9. The number of phenols is 2. The van der Waals surface area contributed by atoms with Crippen LogP contribution in [0, 0.1) is 11.8 Å². The van der Waals surface area contributed by atoms with Gasteiger partial charge in [0, 0.05) is 18.1 Å². The molecule has 1 aliphatic carbocycles. The van der Waals surface area contributed by atoms with E-state index in [1.807, 2.05) is 0 Å². The second-order valence-electron chi connectivity index (χ2n) is 10.1. The second kappa shape index (κ2) is 12.2. The summed E-state index contributed by atoms with van der Waals surface area (Å²) in [6.07, 6.45) is -5.93. The summed E-state index contributed by atoms with van der Waals surface area (Å²) in [5.41, 5.74) is 1.98. The van der Waals surface area contributed by atoms with Gasteiger partial charge in [0.2, 0.25) is 11.5 Å². The second-order valence-corrected chi connectivity index (χ2v) is 10.1. The fourth-order valence-electron chi connectivity index (χ4n) is 5.78. The zero-order chi connectivity index (χ0) is 29.3. The predicted molar refractivity (Wildman–Crippen MR) is 140 cm³/mol. The van der Waals surface area contributed by atoms with Crippen LogP contribution in [0.2, 0.25) is 0 Å². The van der Waals surface area contributed by atoms with Crippen molar-refractivity contribution in [1.82, 2.24) is 0 Å². The summed E-state index contributed by atoms with van der Waals surface area (Å²) in [7, 11) is 5.67. The largest absolute Gasteiger partial charge is 0.502 e. The Hall–Kier alpha value is -3.00. The Morgan fingerprint density at radius 1 is 0.825 bits per heavy atom. The van der Waals surface area contributed by atoms with Gasteiger partial charge in [0.15, 0.2) is 29.3 Å². The van der Waals surface area contributed by atoms with Gasteiger partial charge in [-0.25, -0.2) is 0 Å². The van der Waals surface area contributed by atoms with Crippen LogP contribution in [0.4, 0.5) is 0 Å². The molecule has 0 spiro atoms. The molecule has 2 aliphatic rings. The minimum absolute atomic E-state index is 0.0615. The van der Waals surface area contributed by atoms with E-state index in [0.29, 0.717) is 17.5 Å². The molecule has 1 aliphatic heterocycles. The zero-order valence-electron chi connectivity index (χ0n) is 23.1. The zero-order valence-corrected chi connectivity index (χ0v) is 23.1. The quantitative estimate of drug-likeness (QED) is 0.253. The summed E-state index contributed by atoms with van der Waals surface area (Å²) in [4.78, 5) is 0. The average molecular weight is 567 g/mol. The molecule has 6 N–H and O–H groups in total. The number of methoxy groups -OCH3 is 4. The van der Waals surface area contributed by atoms with Gasteiger partial charge in [0.1, 0.15) is 18.3 Å². The lowest BCUT2D eigenvalue weighted by atomic mass is 9.66. The van der Waals surface area contributed by atoms with Crippen molar-refractivity contribution in [1.29, 1.82) is 0 Å². The van der Waals surface area contributed by atoms with E-state index in [9.17, 15) is 30.6 Å². The SMILES string of the molecule is COc1cc([C@H]2c3c(cc(OC)c(O)c3OC)C[C@@H](CO)[C@@H]2CO[C@@H]2O[C@@H](C)[C@H](O)[C@@H](O)[C@H]2O)cc(OC)c1O. The summed E-state index contributed by atoms with van der Waals surface area (Å²) >= 11 is 0. The van der Waals surface area contributed by atoms with Gasteiger partial charge in [-0.3, -0.25) is 0 Å². The van der Waals surface area contributed by atoms with E-state index in [1.54, 1.807) is 25.1 Å². The van der Waals surface area contributed by atoms with Crippen molar-refractivity contribution in [2.24, 2.45) is 11.8 Å². The number of phenolic OH excluding ortho intramolecular Hbond substituents is 2. The smallest absolute Gasteiger partial charge is 0.201 e. The lowest BCUT2D eigenvalue weighted by molar-refractivity contribution is -0.296. The first-order valence-corrected chi connectivity index (χ1v) is 12.9. The van der Waals surface area contributed by atoms with Crippen LogP contribution in [0.1, 0.15) is 29.5 Å². The van der Waals surface area contributed by atoms with Crippen LogP contribution in [0.5, 0.6) is 34.5 Å². The molecule has 222 valence electrons. The first-order chi connectivity index (χ1) is 19.1. The molecule has 0 aromatic heterocycles. The number of aliphatic hydroxyl groups excluding tert-OH is 4. The molecule has 12 heteroatoms. The molecule has 8 atom stereocenters. The Kier molecular flexibility index (Phi) is 9.18. The van der Waals surface area contributed by atoms with Crippen molar-refractivity contribution in [2.45, 2.75) is 50.0 Å². The first-order valence-electron chi connectivity index (χ1n) is 12.9. The van der Waals surface area contributed by atoms with E-state index >= 15 is 0 Å². The Balaban J connectivity index is 1.86. The minimum Gasteiger partial charge on any atom is -0.502 e. The molecule has 2 aromatic rings. The summed E-state index contributed by atoms with van der Waals surface area (Å²) in [6.45, 7) is 1.27. The van der Waals surface area contributed by atoms with Crippen LogP contribution in [0.25, 0.3) is 0 Å². The monoisotopic (exact) mass is 566 g/mol. The lowest BCUT2D eigenvalue weighted by Crippen LogP contribution is -2.57. The topological polar surface area (TPSA) is 177 Å². The van der Waals surface area contributed by atoms with Gasteiger partial charge in [-0.2, -0.15) is 0 Å². The highest BCUT2D eigenvalue weighted by Crippen LogP contribution is 2.54. The third-order valence-electron chi connectivity index (χ3n) is 7.95. The van der Waals surface area contributed by atoms with E-state index < -0.39 is 42.5 Å². The van der Waals surface area contributed by atoms with E-state index in [1.165, 1.54) is 28.4 Å². The van der Waals surface area contributed by atoms with Crippen molar-refractivity contribution < 1.29 is 59.1 Å². The summed E-state index contributed by atoms with van der Waals surface area (Å²) in [6, 6.07) is 4.96. The number of rotatable bonds is 9. The van der Waals surface area contributed by atoms with Gasteiger partial charge >= 0.3 is 0 Å². The standard InChI is InChI=1S/C28H38O12/c1-12-22(30)25(33)26(34)28(40-12)39-11-16-15(10-29)6-13-7-19(37-4)24(32)27(38-5)21(13)20(16)14-8-17(35-2)23(31)18(9-14)36-3/h7-9,12,15-16,20,22,25-26,28-34H,6,10-11H2,1-5H3/t12-,15-,16-,20+,22-,25+,26+,28+/m0/s1. The van der Waals surface area contributed by atoms with Gasteiger partial charge in [0.25, 0.3) is 0 Å². The van der Waals surface area contributed by atoms with E-state index in [-0.39, 0.29) is 53.6 Å². The molecule has 1 heterocycles. The van der Waals surface area contributed by atoms with Crippen LogP contribution in [0.15, 0.2) is 18.2 Å². The van der Waals surface area contributed by atoms with Crippen molar-refractivity contribution >= 4 is 0 Å². The molecule has 0 amide bonds. The van der Waals surface area contributed by atoms with E-state index in [0.717, 1.165) is 5.56 Å². The number of benzene rings is 2. The number of aliphatic hydroxyl groups is 4. The van der Waals surface area contributed by atoms with Crippen LogP contribution in [-0.2, 0) is 15.9 Å². The predicted octanol–water partition coefficient (Wildman–Crippen LogP) is 0.889. The van der Waals surface area contributed by atoms with Crippen LogP contribution in [0.3, 0.4) is 0 Å². The number of aromatic hydroxyl groups is 2. The van der Waals surface area contributed by atoms with Crippen molar-refractivity contribution in [2.75, 3.05) is 41.7 Å². The fourth-order valence-corrected chi connectivity index (χ4v) is 5.78. The highest BCUT2D eigenvalue weighted by Gasteiger charge is 2.45. The Morgan fingerprint density at radius 2 is 1.43 bits per heavy atom. The highest BCUT2D eigenvalue weighted by molar-refractivity contribution is 5.64. The molecule has 0 unspecified atom stereocenters. The number of hydrogen-bond donors (Lipinski definition) is 6. The third-order valence-corrected chi connectivity index (χ3v) is 7.95. The first kappa shape index (κ1) is 30.0. The summed E-state index contributed by atoms with van der Waals surface area (Å²) < 4.78 is 33.5. The molecule has 0 saturated carbocycles. The molecule has 0 radical (unpaired) electrons. The Labute approximate surface area is 232 Å². The normalized spacial score (nSPS) is 29.9. The number of hydrogen-bond acceptors (Lipinski definition) is 12. The van der Waals surface area contributed by atoms with Gasteiger partial charge in [-0.15, -0.1) is 0 Å². The molecule has 2 aromatic carbocycles. The summed E-state index contributed by atoms with van der Waals surface area (Å²) in [5.74, 6) is -1.19. The van der Waals surface area contributed by atoms with Gasteiger partial charge in [0.05, 0.1) is 41.2 Å². The molecule has 12 nitrogen and oxygen atoms in total. The van der Waals surface area contributed by atoms with Crippen LogP contribution >= 0.6 is 0 Å². The molecule has 4 rings (SSSR count). The van der Waals surface area contributed by atoms with Crippen LogP contribution in [-0.4, -0.2) is 103 Å². The Morgan fingerprint density at radius 3 is 1.98 bits per heavy atom. The average Bonchev–Trinajstić information content (AvgIpc) is 2.96. The maximum absolute atomic E-state index is 11.0. The van der Waals surface area contributed by atoms with Gasteiger partial charge in [-0.1, -0.05) is 0 Å². The third kappa shape index (κ3) is 5.22. The fraction of sp³-hybridized carbons (Fsp3) is 0.571. The number of fused-ring (bicyclic) bond motifs is 1. The van der Waals surface area contributed by atoms with Crippen molar-refractivity contribution in [3.05, 3.63) is 34.9 Å². The maximum Gasteiger partial charge on any atom is 0.201 e. The van der Waals surface area contributed by atoms with Crippen molar-refractivity contribution in [3.63, 3.8) is 0 Å². The maximum atomic E-state index is 11.0. The molecule has 40 heavy (non-hydrogen) atoms. The van der Waals surface area contributed by atoms with Crippen LogP contribution < -0.4 is 18.9 Å². The molecular formula is C28H38O12. The van der Waals surface area contributed by atoms with E-state index in [4.69, 9.17) is 28.4 Å². The van der Waals surface area contributed by atoms with Crippen molar-refractivity contribution in [3.8, 4) is 34.5 Å². The minimum atomic E-state index is -1.51.